The Balaban J connectivity index is 1.47. The Bertz CT molecular complexity index is 1040. The van der Waals surface area contributed by atoms with Crippen molar-refractivity contribution >= 4 is 5.91 Å². The van der Waals surface area contributed by atoms with Gasteiger partial charge in [-0.1, -0.05) is 30.3 Å². The number of aliphatic hydroxyl groups excluding tert-OH is 1. The highest BCUT2D eigenvalue weighted by molar-refractivity contribution is 5.94. The molecule has 9 heteroatoms. The maximum Gasteiger partial charge on any atom is 0.401 e. The maximum absolute atomic E-state index is 13.3. The van der Waals surface area contributed by atoms with Gasteiger partial charge >= 0.3 is 6.18 Å². The number of nitrogens with zero attached hydrogens (tertiary/aromatic N) is 2. The molecule has 2 heterocycles. The average molecular weight is 507 g/mol. The minimum Gasteiger partial charge on any atom is -0.491 e. The van der Waals surface area contributed by atoms with E-state index in [-0.39, 0.29) is 31.7 Å². The van der Waals surface area contributed by atoms with Gasteiger partial charge in [-0.05, 0) is 50.5 Å². The van der Waals surface area contributed by atoms with Gasteiger partial charge in [0.1, 0.15) is 5.75 Å². The van der Waals surface area contributed by atoms with Gasteiger partial charge in [-0.15, -0.1) is 0 Å². The molecule has 0 radical (unpaired) electrons. The molecule has 1 N–H and O–H groups in total. The number of carbonyl (C=O) groups is 1. The molecule has 196 valence electrons. The lowest BCUT2D eigenvalue weighted by molar-refractivity contribution is -0.205. The molecule has 2 aromatic rings. The van der Waals surface area contributed by atoms with Crippen molar-refractivity contribution in [3.63, 3.8) is 0 Å². The van der Waals surface area contributed by atoms with Crippen molar-refractivity contribution < 1.29 is 32.5 Å². The first-order valence-corrected chi connectivity index (χ1v) is 12.3. The summed E-state index contributed by atoms with van der Waals surface area (Å²) in [5.41, 5.74) is 1.07. The van der Waals surface area contributed by atoms with Crippen molar-refractivity contribution in [2.45, 2.75) is 57.3 Å². The lowest BCUT2D eigenvalue weighted by atomic mass is 9.87. The number of amides is 1. The molecule has 1 amide bonds. The topological polar surface area (TPSA) is 62.2 Å². The van der Waals surface area contributed by atoms with Crippen LogP contribution in [-0.2, 0) is 11.3 Å². The summed E-state index contributed by atoms with van der Waals surface area (Å²) in [6.45, 7) is 3.62. The number of likely N-dealkylation sites (tertiary alicyclic amines) is 1. The second-order valence-corrected chi connectivity index (χ2v) is 9.92. The predicted molar refractivity (Wildman–Crippen MR) is 129 cm³/mol. The van der Waals surface area contributed by atoms with Crippen molar-refractivity contribution in [1.82, 2.24) is 9.80 Å². The molecule has 2 saturated heterocycles. The van der Waals surface area contributed by atoms with Crippen LogP contribution in [0.1, 0.15) is 54.3 Å². The van der Waals surface area contributed by atoms with E-state index in [9.17, 15) is 23.1 Å². The molecule has 2 aromatic carbocycles. The lowest BCUT2D eigenvalue weighted by Crippen LogP contribution is -2.59. The lowest BCUT2D eigenvalue weighted by Gasteiger charge is -2.50. The van der Waals surface area contributed by atoms with Crippen LogP contribution in [0.15, 0.2) is 48.5 Å². The highest BCUT2D eigenvalue weighted by Gasteiger charge is 2.46. The molecule has 1 atom stereocenters. The van der Waals surface area contributed by atoms with Crippen LogP contribution in [0, 0.1) is 0 Å². The van der Waals surface area contributed by atoms with Gasteiger partial charge in [-0.25, -0.2) is 0 Å². The number of ether oxygens (including phenoxy) is 2. The zero-order valence-corrected chi connectivity index (χ0v) is 20.6. The van der Waals surface area contributed by atoms with Gasteiger partial charge < -0.3 is 19.5 Å². The highest BCUT2D eigenvalue weighted by Crippen LogP contribution is 2.39. The first kappa shape index (κ1) is 26.4. The zero-order chi connectivity index (χ0) is 25.9. The van der Waals surface area contributed by atoms with Crippen LogP contribution >= 0.6 is 0 Å². The van der Waals surface area contributed by atoms with Gasteiger partial charge in [-0.2, -0.15) is 13.2 Å². The van der Waals surface area contributed by atoms with Crippen LogP contribution in [0.3, 0.4) is 0 Å². The van der Waals surface area contributed by atoms with Gasteiger partial charge in [-0.3, -0.25) is 9.69 Å². The first-order chi connectivity index (χ1) is 17.1. The van der Waals surface area contributed by atoms with E-state index in [0.29, 0.717) is 42.8 Å². The van der Waals surface area contributed by atoms with Crippen LogP contribution in [0.4, 0.5) is 13.2 Å². The third kappa shape index (κ3) is 6.38. The van der Waals surface area contributed by atoms with Crippen LogP contribution in [0.5, 0.6) is 5.75 Å². The van der Waals surface area contributed by atoms with Crippen molar-refractivity contribution in [1.29, 1.82) is 0 Å². The monoisotopic (exact) mass is 506 g/mol. The van der Waals surface area contributed by atoms with Crippen LogP contribution in [0.2, 0.25) is 0 Å². The van der Waals surface area contributed by atoms with E-state index in [1.165, 1.54) is 4.90 Å². The maximum atomic E-state index is 13.3. The summed E-state index contributed by atoms with van der Waals surface area (Å²) >= 11 is 0. The molecule has 4 rings (SSSR count). The fraction of sp³-hybridized carbons (Fsp3) is 0.519. The number of hydrogen-bond donors (Lipinski definition) is 1. The quantitative estimate of drug-likeness (QED) is 0.622. The van der Waals surface area contributed by atoms with Gasteiger partial charge in [0, 0.05) is 37.3 Å². The molecule has 2 fully saturated rings. The smallest absolute Gasteiger partial charge is 0.401 e. The fourth-order valence-electron chi connectivity index (χ4n) is 5.08. The number of alkyl halides is 3. The Hall–Kier alpha value is -2.62. The van der Waals surface area contributed by atoms with Crippen molar-refractivity contribution in [2.24, 2.45) is 0 Å². The first-order valence-electron chi connectivity index (χ1n) is 12.3. The number of piperidine rings is 1. The van der Waals surface area contributed by atoms with Crippen LogP contribution < -0.4 is 4.74 Å². The molecule has 0 bridgehead atoms. The molecule has 2 aliphatic rings. The molecule has 36 heavy (non-hydrogen) atoms. The summed E-state index contributed by atoms with van der Waals surface area (Å²) in [5, 5.41) is 9.73. The minimum atomic E-state index is -4.30. The van der Waals surface area contributed by atoms with Gasteiger partial charge in [0.05, 0.1) is 31.0 Å². The Morgan fingerprint density at radius 2 is 1.86 bits per heavy atom. The Kier molecular flexibility index (Phi) is 7.92. The van der Waals surface area contributed by atoms with E-state index in [4.69, 9.17) is 9.47 Å². The Labute approximate surface area is 209 Å². The summed E-state index contributed by atoms with van der Waals surface area (Å²) in [6.07, 6.45) is -3.95. The molecule has 2 aliphatic heterocycles. The second-order valence-electron chi connectivity index (χ2n) is 9.92. The molecule has 0 aliphatic carbocycles. The number of rotatable bonds is 6. The van der Waals surface area contributed by atoms with Gasteiger partial charge in [0.15, 0.2) is 0 Å². The number of carbonyl (C=O) groups excluding carboxylic acids is 1. The molecule has 6 nitrogen and oxygen atoms in total. The predicted octanol–water partition coefficient (Wildman–Crippen LogP) is 4.58. The molecule has 1 unspecified atom stereocenters. The number of hydrogen-bond acceptors (Lipinski definition) is 5. The molecular formula is C27H33F3N2O4. The van der Waals surface area contributed by atoms with E-state index in [1.54, 1.807) is 23.1 Å². The number of morpholine rings is 1. The van der Waals surface area contributed by atoms with Crippen molar-refractivity contribution in [3.05, 3.63) is 65.2 Å². The number of halogens is 3. The SMILES string of the molecule is CC(C)Oc1ccc(C(=O)N2CCC3(CC2)CN(CC(F)(F)F)CC(c2ccccc2)O3)cc1CO. The van der Waals surface area contributed by atoms with Gasteiger partial charge in [0.2, 0.25) is 0 Å². The third-order valence-corrected chi connectivity index (χ3v) is 6.70. The molecule has 0 aromatic heterocycles. The standard InChI is InChI=1S/C27H33F3N2O4/c1-19(2)35-23-9-8-21(14-22(23)16-33)25(34)32-12-10-26(11-13-32)17-31(18-27(28,29)30)15-24(36-26)20-6-4-3-5-7-20/h3-9,14,19,24,33H,10-13,15-18H2,1-2H3. The average Bonchev–Trinajstić information content (AvgIpc) is 2.83. The normalized spacial score (nSPS) is 20.6. The van der Waals surface area contributed by atoms with E-state index < -0.39 is 24.4 Å². The number of aliphatic hydroxyl groups is 1. The Morgan fingerprint density at radius 3 is 2.47 bits per heavy atom. The summed E-state index contributed by atoms with van der Waals surface area (Å²) in [6, 6.07) is 14.3. The second kappa shape index (κ2) is 10.8. The third-order valence-electron chi connectivity index (χ3n) is 6.70. The van der Waals surface area contributed by atoms with E-state index in [1.807, 2.05) is 44.2 Å². The Morgan fingerprint density at radius 1 is 1.17 bits per heavy atom. The summed E-state index contributed by atoms with van der Waals surface area (Å²) in [5.74, 6) is 0.354. The van der Waals surface area contributed by atoms with Crippen molar-refractivity contribution in [3.8, 4) is 5.75 Å². The highest BCUT2D eigenvalue weighted by atomic mass is 19.4. The summed E-state index contributed by atoms with van der Waals surface area (Å²) in [7, 11) is 0. The van der Waals surface area contributed by atoms with E-state index in [0.717, 1.165) is 5.56 Å². The zero-order valence-electron chi connectivity index (χ0n) is 20.6. The summed E-state index contributed by atoms with van der Waals surface area (Å²) < 4.78 is 52.0. The molecule has 1 spiro atoms. The van der Waals surface area contributed by atoms with Crippen LogP contribution in [0.25, 0.3) is 0 Å². The summed E-state index contributed by atoms with van der Waals surface area (Å²) in [4.78, 5) is 16.3. The molecule has 0 saturated carbocycles. The molecular weight excluding hydrogens is 473 g/mol. The van der Waals surface area contributed by atoms with Gasteiger partial charge in [0.25, 0.3) is 5.91 Å². The minimum absolute atomic E-state index is 0.0674. The van der Waals surface area contributed by atoms with Crippen molar-refractivity contribution in [2.75, 3.05) is 32.7 Å². The van der Waals surface area contributed by atoms with Crippen LogP contribution in [-0.4, -0.2) is 71.4 Å². The van der Waals surface area contributed by atoms with E-state index >= 15 is 0 Å². The largest absolute Gasteiger partial charge is 0.491 e. The van der Waals surface area contributed by atoms with E-state index in [2.05, 4.69) is 0 Å². The fourth-order valence-corrected chi connectivity index (χ4v) is 5.08. The number of benzene rings is 2.